The van der Waals surface area contributed by atoms with Crippen LogP contribution in [0.4, 0.5) is 4.39 Å². The summed E-state index contributed by atoms with van der Waals surface area (Å²) in [6.45, 7) is 3.23. The lowest BCUT2D eigenvalue weighted by Crippen LogP contribution is -2.37. The molecular weight excluding hydrogens is 355 g/mol. The van der Waals surface area contributed by atoms with Crippen molar-refractivity contribution < 1.29 is 13.9 Å². The van der Waals surface area contributed by atoms with Crippen LogP contribution in [-0.2, 0) is 12.8 Å². The molecule has 148 valence electrons. The molecule has 2 aromatic rings. The van der Waals surface area contributed by atoms with Gasteiger partial charge in [-0.05, 0) is 67.5 Å². The molecule has 0 spiro atoms. The van der Waals surface area contributed by atoms with Gasteiger partial charge in [0.1, 0.15) is 18.2 Å². The zero-order chi connectivity index (χ0) is 19.3. The minimum Gasteiger partial charge on any atom is -0.492 e. The van der Waals surface area contributed by atoms with Crippen LogP contribution in [0, 0.1) is 5.82 Å². The van der Waals surface area contributed by atoms with E-state index in [1.165, 1.54) is 36.1 Å². The number of aryl methyl sites for hydroxylation is 1. The summed E-state index contributed by atoms with van der Waals surface area (Å²) in [5, 5.41) is 3.01. The van der Waals surface area contributed by atoms with Crippen LogP contribution < -0.4 is 10.1 Å². The summed E-state index contributed by atoms with van der Waals surface area (Å²) in [6.07, 6.45) is 5.69. The molecular formula is C23H27FN2O2. The Morgan fingerprint density at radius 2 is 2.04 bits per heavy atom. The van der Waals surface area contributed by atoms with Gasteiger partial charge in [-0.3, -0.25) is 9.69 Å². The maximum atomic E-state index is 13.3. The summed E-state index contributed by atoms with van der Waals surface area (Å²) in [6, 6.07) is 12.3. The minimum absolute atomic E-state index is 0.0975. The third-order valence-electron chi connectivity index (χ3n) is 5.71. The van der Waals surface area contributed by atoms with Crippen molar-refractivity contribution in [1.82, 2.24) is 10.2 Å². The van der Waals surface area contributed by atoms with Crippen molar-refractivity contribution in [3.8, 4) is 5.75 Å². The highest BCUT2D eigenvalue weighted by Gasteiger charge is 2.24. The highest BCUT2D eigenvalue weighted by Crippen LogP contribution is 2.29. The van der Waals surface area contributed by atoms with Gasteiger partial charge in [0.2, 0.25) is 0 Å². The van der Waals surface area contributed by atoms with E-state index in [9.17, 15) is 9.18 Å². The second-order valence-corrected chi connectivity index (χ2v) is 7.72. The molecule has 1 aliphatic heterocycles. The van der Waals surface area contributed by atoms with Gasteiger partial charge in [0.25, 0.3) is 5.91 Å². The van der Waals surface area contributed by atoms with Crippen molar-refractivity contribution in [3.05, 3.63) is 65.0 Å². The number of nitrogens with zero attached hydrogens (tertiary/aromatic N) is 1. The van der Waals surface area contributed by atoms with E-state index in [1.54, 1.807) is 12.1 Å². The average molecular weight is 382 g/mol. The van der Waals surface area contributed by atoms with Crippen molar-refractivity contribution in [2.24, 2.45) is 0 Å². The zero-order valence-electron chi connectivity index (χ0n) is 16.1. The Labute approximate surface area is 165 Å². The highest BCUT2D eigenvalue weighted by atomic mass is 19.1. The number of nitrogens with one attached hydrogen (secondary N) is 1. The van der Waals surface area contributed by atoms with Crippen LogP contribution in [0.15, 0.2) is 42.5 Å². The van der Waals surface area contributed by atoms with Gasteiger partial charge in [-0.15, -0.1) is 0 Å². The molecule has 0 saturated carbocycles. The summed E-state index contributed by atoms with van der Waals surface area (Å²) in [4.78, 5) is 14.6. The monoisotopic (exact) mass is 382 g/mol. The van der Waals surface area contributed by atoms with E-state index in [0.29, 0.717) is 12.2 Å². The fourth-order valence-electron chi connectivity index (χ4n) is 4.22. The number of ether oxygens (including phenoxy) is 1. The largest absolute Gasteiger partial charge is 0.492 e. The van der Waals surface area contributed by atoms with Crippen molar-refractivity contribution in [2.45, 2.75) is 38.1 Å². The smallest absolute Gasteiger partial charge is 0.251 e. The van der Waals surface area contributed by atoms with Crippen LogP contribution in [0.2, 0.25) is 0 Å². The lowest BCUT2D eigenvalue weighted by molar-refractivity contribution is 0.0937. The second kappa shape index (κ2) is 8.74. The number of likely N-dealkylation sites (tertiary alicyclic amines) is 1. The van der Waals surface area contributed by atoms with Crippen molar-refractivity contribution in [3.63, 3.8) is 0 Å². The Kier molecular flexibility index (Phi) is 5.91. The number of benzene rings is 2. The van der Waals surface area contributed by atoms with E-state index < -0.39 is 0 Å². The topological polar surface area (TPSA) is 41.6 Å². The Morgan fingerprint density at radius 1 is 1.18 bits per heavy atom. The average Bonchev–Trinajstić information content (AvgIpc) is 3.15. The summed E-state index contributed by atoms with van der Waals surface area (Å²) in [5.74, 6) is 0.437. The number of rotatable bonds is 6. The van der Waals surface area contributed by atoms with Crippen LogP contribution in [0.5, 0.6) is 5.75 Å². The molecule has 0 aromatic heterocycles. The number of amides is 1. The molecule has 1 N–H and O–H groups in total. The number of halogens is 1. The van der Waals surface area contributed by atoms with E-state index in [4.69, 9.17) is 4.74 Å². The van der Waals surface area contributed by atoms with Crippen LogP contribution >= 0.6 is 0 Å². The predicted octanol–water partition coefficient (Wildman–Crippen LogP) is 3.59. The molecule has 1 heterocycles. The van der Waals surface area contributed by atoms with E-state index in [1.807, 2.05) is 0 Å². The molecule has 1 unspecified atom stereocenters. The molecule has 28 heavy (non-hydrogen) atoms. The summed E-state index contributed by atoms with van der Waals surface area (Å²) >= 11 is 0. The van der Waals surface area contributed by atoms with E-state index in [2.05, 4.69) is 28.4 Å². The van der Waals surface area contributed by atoms with Gasteiger partial charge in [0.15, 0.2) is 0 Å². The molecule has 1 aliphatic carbocycles. The maximum Gasteiger partial charge on any atom is 0.251 e. The van der Waals surface area contributed by atoms with E-state index in [0.717, 1.165) is 44.6 Å². The molecule has 1 atom stereocenters. The van der Waals surface area contributed by atoms with E-state index >= 15 is 0 Å². The molecule has 1 amide bonds. The molecule has 1 saturated heterocycles. The van der Waals surface area contributed by atoms with Crippen LogP contribution in [0.25, 0.3) is 0 Å². The summed E-state index contributed by atoms with van der Waals surface area (Å²) in [7, 11) is 0. The molecule has 4 nitrogen and oxygen atoms in total. The molecule has 0 bridgehead atoms. The normalized spacial score (nSPS) is 19.2. The van der Waals surface area contributed by atoms with Gasteiger partial charge in [0, 0.05) is 31.2 Å². The Hall–Kier alpha value is -2.40. The molecule has 5 heteroatoms. The van der Waals surface area contributed by atoms with Gasteiger partial charge in [0.05, 0.1) is 0 Å². The molecule has 0 radical (unpaired) electrons. The maximum absolute atomic E-state index is 13.3. The van der Waals surface area contributed by atoms with E-state index in [-0.39, 0.29) is 17.8 Å². The summed E-state index contributed by atoms with van der Waals surface area (Å²) in [5.41, 5.74) is 3.19. The number of hydrogen-bond donors (Lipinski definition) is 1. The Balaban J connectivity index is 1.24. The van der Waals surface area contributed by atoms with Gasteiger partial charge in [-0.1, -0.05) is 18.2 Å². The van der Waals surface area contributed by atoms with Crippen LogP contribution in [-0.4, -0.2) is 43.1 Å². The van der Waals surface area contributed by atoms with Crippen molar-refractivity contribution in [2.75, 3.05) is 26.2 Å². The third kappa shape index (κ3) is 4.53. The number of carbonyl (C=O) groups excluding carboxylic acids is 1. The SMILES string of the molecule is O=C(NC1CCN(CCOc2cccc3c2CCCC3)C1)c1cccc(F)c1. The lowest BCUT2D eigenvalue weighted by atomic mass is 9.91. The first kappa shape index (κ1) is 18.9. The second-order valence-electron chi connectivity index (χ2n) is 7.72. The van der Waals surface area contributed by atoms with Gasteiger partial charge in [-0.2, -0.15) is 0 Å². The summed E-state index contributed by atoms with van der Waals surface area (Å²) < 4.78 is 19.4. The number of carbonyl (C=O) groups is 1. The van der Waals surface area contributed by atoms with Crippen molar-refractivity contribution >= 4 is 5.91 Å². The predicted molar refractivity (Wildman–Crippen MR) is 107 cm³/mol. The minimum atomic E-state index is -0.388. The van der Waals surface area contributed by atoms with Gasteiger partial charge >= 0.3 is 0 Å². The number of hydrogen-bond acceptors (Lipinski definition) is 3. The van der Waals surface area contributed by atoms with Crippen LogP contribution in [0.3, 0.4) is 0 Å². The number of fused-ring (bicyclic) bond motifs is 1. The van der Waals surface area contributed by atoms with Crippen LogP contribution in [0.1, 0.15) is 40.7 Å². The molecule has 4 rings (SSSR count). The molecule has 1 fully saturated rings. The third-order valence-corrected chi connectivity index (χ3v) is 5.71. The van der Waals surface area contributed by atoms with Gasteiger partial charge < -0.3 is 10.1 Å². The molecule has 2 aliphatic rings. The fourth-order valence-corrected chi connectivity index (χ4v) is 4.22. The Morgan fingerprint density at radius 3 is 2.93 bits per heavy atom. The first-order valence-corrected chi connectivity index (χ1v) is 10.2. The first-order chi connectivity index (χ1) is 13.7. The quantitative estimate of drug-likeness (QED) is 0.830. The lowest BCUT2D eigenvalue weighted by Gasteiger charge is -2.21. The zero-order valence-corrected chi connectivity index (χ0v) is 16.1. The van der Waals surface area contributed by atoms with Crippen molar-refractivity contribution in [1.29, 1.82) is 0 Å². The standard InChI is InChI=1S/C23H27FN2O2/c24-19-8-3-7-18(15-19)23(27)25-20-11-12-26(16-20)13-14-28-22-10-4-6-17-5-1-2-9-21(17)22/h3-4,6-8,10,15,20H,1-2,5,9,11-14,16H2,(H,25,27). The first-order valence-electron chi connectivity index (χ1n) is 10.2. The molecule has 2 aromatic carbocycles. The highest BCUT2D eigenvalue weighted by molar-refractivity contribution is 5.94. The van der Waals surface area contributed by atoms with Gasteiger partial charge in [-0.25, -0.2) is 4.39 Å². The Bertz CT molecular complexity index is 839. The fraction of sp³-hybridized carbons (Fsp3) is 0.435.